The van der Waals surface area contributed by atoms with Crippen LogP contribution in [0, 0.1) is 0 Å². The van der Waals surface area contributed by atoms with Gasteiger partial charge >= 0.3 is 12.4 Å². The van der Waals surface area contributed by atoms with Gasteiger partial charge < -0.3 is 0 Å². The van der Waals surface area contributed by atoms with E-state index in [4.69, 9.17) is 0 Å². The lowest BCUT2D eigenvalue weighted by Gasteiger charge is -2.20. The highest BCUT2D eigenvalue weighted by atomic mass is 19.4. The van der Waals surface area contributed by atoms with Gasteiger partial charge in [0, 0.05) is 11.8 Å². The molecular weight excluding hydrogens is 326 g/mol. The molecule has 0 atom stereocenters. The minimum atomic E-state index is -4.96. The Morgan fingerprint density at radius 1 is 1.00 bits per heavy atom. The Kier molecular flexibility index (Phi) is 3.34. The van der Waals surface area contributed by atoms with Crippen molar-refractivity contribution >= 4 is 5.71 Å². The van der Waals surface area contributed by atoms with E-state index in [2.05, 4.69) is 15.6 Å². The largest absolute Gasteiger partial charge is 0.417 e. The van der Waals surface area contributed by atoms with E-state index >= 15 is 0 Å². The molecule has 0 saturated heterocycles. The SMILES string of the molecule is FC(F)(F)c1ccc(C2=NNCn3nccc32)c(C(F)(F)F)c1. The zero-order valence-electron chi connectivity index (χ0n) is 11.2. The molecule has 10 heteroatoms. The molecule has 0 fully saturated rings. The number of rotatable bonds is 1. The van der Waals surface area contributed by atoms with Crippen LogP contribution in [0.1, 0.15) is 22.4 Å². The minimum Gasteiger partial charge on any atom is -0.288 e. The molecule has 2 aromatic rings. The topological polar surface area (TPSA) is 42.2 Å². The number of hydrogen-bond acceptors (Lipinski definition) is 3. The Hall–Kier alpha value is -2.52. The molecule has 0 radical (unpaired) electrons. The van der Waals surface area contributed by atoms with Crippen molar-refractivity contribution in [3.05, 3.63) is 52.8 Å². The van der Waals surface area contributed by atoms with Crippen LogP contribution in [0.4, 0.5) is 26.3 Å². The molecule has 1 aliphatic rings. The Morgan fingerprint density at radius 3 is 2.39 bits per heavy atom. The minimum absolute atomic E-state index is 0.0904. The fourth-order valence-electron chi connectivity index (χ4n) is 2.26. The molecule has 23 heavy (non-hydrogen) atoms. The summed E-state index contributed by atoms with van der Waals surface area (Å²) >= 11 is 0. The van der Waals surface area contributed by atoms with E-state index in [1.54, 1.807) is 0 Å². The lowest BCUT2D eigenvalue weighted by Crippen LogP contribution is -2.28. The summed E-state index contributed by atoms with van der Waals surface area (Å²) in [6.45, 7) is 0.161. The molecular formula is C13H8F6N4. The summed E-state index contributed by atoms with van der Waals surface area (Å²) in [5.41, 5.74) is -0.546. The summed E-state index contributed by atoms with van der Waals surface area (Å²) in [6.07, 6.45) is -8.45. The van der Waals surface area contributed by atoms with Gasteiger partial charge in [0.05, 0.1) is 16.8 Å². The number of hydrogen-bond donors (Lipinski definition) is 1. The van der Waals surface area contributed by atoms with Gasteiger partial charge in [-0.25, -0.2) is 4.68 Å². The molecule has 0 unspecified atom stereocenters. The van der Waals surface area contributed by atoms with Crippen molar-refractivity contribution in [1.29, 1.82) is 0 Å². The summed E-state index contributed by atoms with van der Waals surface area (Å²) in [6, 6.07) is 2.90. The number of hydrazone groups is 1. The third-order valence-corrected chi connectivity index (χ3v) is 3.28. The van der Waals surface area contributed by atoms with Gasteiger partial charge in [0.1, 0.15) is 12.4 Å². The Bertz CT molecular complexity index is 772. The predicted octanol–water partition coefficient (Wildman–Crippen LogP) is 3.23. The van der Waals surface area contributed by atoms with Gasteiger partial charge in [0.25, 0.3) is 0 Å². The average molecular weight is 334 g/mol. The van der Waals surface area contributed by atoms with Gasteiger partial charge in [-0.3, -0.25) is 5.43 Å². The fraction of sp³-hybridized carbons (Fsp3) is 0.231. The summed E-state index contributed by atoms with van der Waals surface area (Å²) in [7, 11) is 0. The summed E-state index contributed by atoms with van der Waals surface area (Å²) < 4.78 is 79.1. The van der Waals surface area contributed by atoms with Gasteiger partial charge in [0.2, 0.25) is 0 Å². The summed E-state index contributed by atoms with van der Waals surface area (Å²) in [5, 5.41) is 7.70. The van der Waals surface area contributed by atoms with E-state index in [-0.39, 0.29) is 24.1 Å². The molecule has 0 spiro atoms. The van der Waals surface area contributed by atoms with Gasteiger partial charge in [-0.1, -0.05) is 6.07 Å². The van der Waals surface area contributed by atoms with Crippen molar-refractivity contribution in [3.8, 4) is 0 Å². The highest BCUT2D eigenvalue weighted by molar-refractivity contribution is 6.13. The number of nitrogens with one attached hydrogen (secondary N) is 1. The monoisotopic (exact) mass is 334 g/mol. The smallest absolute Gasteiger partial charge is 0.288 e. The first-order valence-corrected chi connectivity index (χ1v) is 6.29. The number of halogens is 6. The second-order valence-corrected chi connectivity index (χ2v) is 4.75. The van der Waals surface area contributed by atoms with Gasteiger partial charge in [0.15, 0.2) is 0 Å². The van der Waals surface area contributed by atoms with Crippen molar-refractivity contribution in [2.45, 2.75) is 19.0 Å². The van der Waals surface area contributed by atoms with E-state index in [9.17, 15) is 26.3 Å². The summed E-state index contributed by atoms with van der Waals surface area (Å²) in [4.78, 5) is 0. The molecule has 1 aliphatic heterocycles. The zero-order chi connectivity index (χ0) is 16.8. The van der Waals surface area contributed by atoms with Crippen molar-refractivity contribution in [1.82, 2.24) is 15.2 Å². The number of fused-ring (bicyclic) bond motifs is 1. The first-order chi connectivity index (χ1) is 10.7. The molecule has 122 valence electrons. The van der Waals surface area contributed by atoms with Crippen LogP contribution in [0.2, 0.25) is 0 Å². The van der Waals surface area contributed by atoms with Crippen molar-refractivity contribution in [2.75, 3.05) is 0 Å². The quantitative estimate of drug-likeness (QED) is 0.814. The standard InChI is InChI=1S/C13H8F6N4/c14-12(15,16)7-1-2-8(9(5-7)13(17,18)19)11-10-3-4-21-23(10)6-20-22-11/h1-5,20H,6H2. The van der Waals surface area contributed by atoms with Crippen molar-refractivity contribution < 1.29 is 26.3 Å². The molecule has 1 aromatic carbocycles. The molecule has 2 heterocycles. The molecule has 0 amide bonds. The van der Waals surface area contributed by atoms with Gasteiger partial charge in [-0.15, -0.1) is 0 Å². The number of aromatic nitrogens is 2. The van der Waals surface area contributed by atoms with E-state index < -0.39 is 29.0 Å². The van der Waals surface area contributed by atoms with Crippen LogP contribution >= 0.6 is 0 Å². The molecule has 4 nitrogen and oxygen atoms in total. The van der Waals surface area contributed by atoms with Crippen LogP contribution in [-0.2, 0) is 19.0 Å². The van der Waals surface area contributed by atoms with E-state index in [0.29, 0.717) is 6.07 Å². The lowest BCUT2D eigenvalue weighted by atomic mass is 9.97. The Morgan fingerprint density at radius 2 is 1.74 bits per heavy atom. The third-order valence-electron chi connectivity index (χ3n) is 3.28. The number of nitrogens with zero attached hydrogens (tertiary/aromatic N) is 3. The number of benzene rings is 1. The van der Waals surface area contributed by atoms with Crippen molar-refractivity contribution in [3.63, 3.8) is 0 Å². The van der Waals surface area contributed by atoms with Gasteiger partial charge in [-0.2, -0.15) is 36.5 Å². The first kappa shape index (κ1) is 15.4. The highest BCUT2D eigenvalue weighted by Crippen LogP contribution is 2.38. The highest BCUT2D eigenvalue weighted by Gasteiger charge is 2.39. The Labute approximate surface area is 125 Å². The van der Waals surface area contributed by atoms with E-state index in [1.165, 1.54) is 16.9 Å². The van der Waals surface area contributed by atoms with Crippen LogP contribution in [-0.4, -0.2) is 15.5 Å². The molecule has 0 bridgehead atoms. The van der Waals surface area contributed by atoms with Crippen LogP contribution in [0.15, 0.2) is 35.6 Å². The van der Waals surface area contributed by atoms with Crippen LogP contribution in [0.5, 0.6) is 0 Å². The second-order valence-electron chi connectivity index (χ2n) is 4.75. The third kappa shape index (κ3) is 2.76. The molecule has 1 aromatic heterocycles. The van der Waals surface area contributed by atoms with Crippen LogP contribution in [0.3, 0.4) is 0 Å². The molecule has 1 N–H and O–H groups in total. The molecule has 0 aliphatic carbocycles. The van der Waals surface area contributed by atoms with E-state index in [0.717, 1.165) is 6.07 Å². The first-order valence-electron chi connectivity index (χ1n) is 6.29. The maximum Gasteiger partial charge on any atom is 0.417 e. The molecule has 0 saturated carbocycles. The lowest BCUT2D eigenvalue weighted by molar-refractivity contribution is -0.143. The summed E-state index contributed by atoms with van der Waals surface area (Å²) in [5.74, 6) is 0. The fourth-order valence-corrected chi connectivity index (χ4v) is 2.26. The van der Waals surface area contributed by atoms with E-state index in [1.807, 2.05) is 0 Å². The zero-order valence-corrected chi connectivity index (χ0v) is 11.2. The maximum atomic E-state index is 13.2. The second kappa shape index (κ2) is 5.00. The average Bonchev–Trinajstić information content (AvgIpc) is 2.93. The van der Waals surface area contributed by atoms with Crippen molar-refractivity contribution in [2.24, 2.45) is 5.10 Å². The number of alkyl halides is 6. The maximum absolute atomic E-state index is 13.2. The van der Waals surface area contributed by atoms with Gasteiger partial charge in [-0.05, 0) is 18.2 Å². The van der Waals surface area contributed by atoms with Crippen LogP contribution in [0.25, 0.3) is 0 Å². The Balaban J connectivity index is 2.19. The van der Waals surface area contributed by atoms with Crippen LogP contribution < -0.4 is 5.43 Å². The normalized spacial score (nSPS) is 15.0. The predicted molar refractivity (Wildman–Crippen MR) is 67.4 cm³/mol. The molecule has 3 rings (SSSR count).